The van der Waals surface area contributed by atoms with Gasteiger partial charge in [-0.3, -0.25) is 0 Å². The molecule has 0 aliphatic rings. The number of imidazole rings is 1. The molecule has 0 saturated heterocycles. The first kappa shape index (κ1) is 10.4. The zero-order chi connectivity index (χ0) is 10.8. The summed E-state index contributed by atoms with van der Waals surface area (Å²) in [5.74, 6) is 1.08. The maximum Gasteiger partial charge on any atom is 0.123 e. The second-order valence-electron chi connectivity index (χ2n) is 3.53. The van der Waals surface area contributed by atoms with Crippen molar-refractivity contribution in [3.05, 3.63) is 29.0 Å². The predicted octanol–water partition coefficient (Wildman–Crippen LogP) is 2.18. The molecule has 0 aliphatic heterocycles. The van der Waals surface area contributed by atoms with E-state index >= 15 is 0 Å². The predicted molar refractivity (Wildman–Crippen MR) is 64.0 cm³/mol. The Labute approximate surface area is 93.8 Å². The Kier molecular flexibility index (Phi) is 2.88. The largest absolute Gasteiger partial charge is 0.329 e. The summed E-state index contributed by atoms with van der Waals surface area (Å²) in [7, 11) is 4.01. The molecule has 80 valence electrons. The van der Waals surface area contributed by atoms with Crippen molar-refractivity contribution in [3.8, 4) is 10.6 Å². The minimum absolute atomic E-state index is 0.808. The zero-order valence-electron chi connectivity index (χ0n) is 9.24. The molecule has 2 aromatic rings. The molecule has 0 spiro atoms. The zero-order valence-corrected chi connectivity index (χ0v) is 10.1. The van der Waals surface area contributed by atoms with Crippen molar-refractivity contribution in [3.63, 3.8) is 0 Å². The Hall–Kier alpha value is -1.13. The maximum absolute atomic E-state index is 4.56. The summed E-state index contributed by atoms with van der Waals surface area (Å²) in [6.07, 6.45) is 0. The summed E-state index contributed by atoms with van der Waals surface area (Å²) in [5, 5.41) is 5.23. The average Bonchev–Trinajstić information content (AvgIpc) is 2.77. The third-order valence-electron chi connectivity index (χ3n) is 2.45. The standard InChI is InChI=1S/C11H15N3S/c1-8-11(9-5-4-6-15-9)14(3)10(13-8)7-12-2/h4-6,12H,7H2,1-3H3. The number of rotatable bonds is 3. The van der Waals surface area contributed by atoms with Gasteiger partial charge in [0.05, 0.1) is 22.8 Å². The van der Waals surface area contributed by atoms with E-state index in [2.05, 4.69) is 46.4 Å². The van der Waals surface area contributed by atoms with Crippen LogP contribution < -0.4 is 5.32 Å². The molecular weight excluding hydrogens is 206 g/mol. The van der Waals surface area contributed by atoms with Crippen molar-refractivity contribution in [1.29, 1.82) is 0 Å². The molecular formula is C11H15N3S. The van der Waals surface area contributed by atoms with Gasteiger partial charge in [0.2, 0.25) is 0 Å². The molecule has 0 amide bonds. The van der Waals surface area contributed by atoms with E-state index in [0.717, 1.165) is 18.1 Å². The summed E-state index contributed by atoms with van der Waals surface area (Å²) in [6.45, 7) is 2.87. The molecule has 0 bridgehead atoms. The third-order valence-corrected chi connectivity index (χ3v) is 3.33. The molecule has 0 aromatic carbocycles. The molecule has 15 heavy (non-hydrogen) atoms. The Bertz CT molecular complexity index is 443. The van der Waals surface area contributed by atoms with Crippen molar-refractivity contribution in [1.82, 2.24) is 14.9 Å². The number of aryl methyl sites for hydroxylation is 1. The van der Waals surface area contributed by atoms with Crippen LogP contribution in [0.3, 0.4) is 0 Å². The monoisotopic (exact) mass is 221 g/mol. The fraction of sp³-hybridized carbons (Fsp3) is 0.364. The highest BCUT2D eigenvalue weighted by molar-refractivity contribution is 7.13. The lowest BCUT2D eigenvalue weighted by Crippen LogP contribution is -2.10. The quantitative estimate of drug-likeness (QED) is 0.861. The highest BCUT2D eigenvalue weighted by Gasteiger charge is 2.12. The van der Waals surface area contributed by atoms with Crippen LogP contribution in [0.2, 0.25) is 0 Å². The van der Waals surface area contributed by atoms with Crippen LogP contribution in [0.25, 0.3) is 10.6 Å². The molecule has 0 fully saturated rings. The van der Waals surface area contributed by atoms with Gasteiger partial charge in [-0.05, 0) is 25.4 Å². The normalized spacial score (nSPS) is 10.9. The van der Waals surface area contributed by atoms with Crippen molar-refractivity contribution in [2.45, 2.75) is 13.5 Å². The number of hydrogen-bond acceptors (Lipinski definition) is 3. The number of hydrogen-bond donors (Lipinski definition) is 1. The van der Waals surface area contributed by atoms with E-state index in [1.807, 2.05) is 7.05 Å². The second kappa shape index (κ2) is 4.16. The van der Waals surface area contributed by atoms with Gasteiger partial charge in [0.15, 0.2) is 0 Å². The number of nitrogens with zero attached hydrogens (tertiary/aromatic N) is 2. The molecule has 4 heteroatoms. The van der Waals surface area contributed by atoms with Crippen molar-refractivity contribution in [2.75, 3.05) is 7.05 Å². The van der Waals surface area contributed by atoms with Gasteiger partial charge in [-0.1, -0.05) is 6.07 Å². The van der Waals surface area contributed by atoms with Gasteiger partial charge in [-0.25, -0.2) is 4.98 Å². The Balaban J connectivity index is 2.48. The summed E-state index contributed by atoms with van der Waals surface area (Å²) in [5.41, 5.74) is 2.33. The number of aromatic nitrogens is 2. The molecule has 0 radical (unpaired) electrons. The molecule has 1 N–H and O–H groups in total. The molecule has 2 rings (SSSR count). The number of nitrogens with one attached hydrogen (secondary N) is 1. The van der Waals surface area contributed by atoms with Gasteiger partial charge in [-0.2, -0.15) is 0 Å². The van der Waals surface area contributed by atoms with Gasteiger partial charge in [0, 0.05) is 7.05 Å². The molecule has 0 atom stereocenters. The van der Waals surface area contributed by atoms with Crippen LogP contribution >= 0.6 is 11.3 Å². The molecule has 3 nitrogen and oxygen atoms in total. The van der Waals surface area contributed by atoms with Crippen molar-refractivity contribution in [2.24, 2.45) is 7.05 Å². The van der Waals surface area contributed by atoms with E-state index in [4.69, 9.17) is 0 Å². The van der Waals surface area contributed by atoms with Gasteiger partial charge < -0.3 is 9.88 Å². The van der Waals surface area contributed by atoms with Crippen LogP contribution in [0.5, 0.6) is 0 Å². The molecule has 0 saturated carbocycles. The van der Waals surface area contributed by atoms with E-state index in [1.54, 1.807) is 11.3 Å². The fourth-order valence-electron chi connectivity index (χ4n) is 1.77. The SMILES string of the molecule is CNCc1nc(C)c(-c2cccs2)n1C. The van der Waals surface area contributed by atoms with Crippen LogP contribution in [0.4, 0.5) is 0 Å². The van der Waals surface area contributed by atoms with E-state index in [9.17, 15) is 0 Å². The second-order valence-corrected chi connectivity index (χ2v) is 4.48. The Morgan fingerprint density at radius 1 is 1.53 bits per heavy atom. The molecule has 2 heterocycles. The van der Waals surface area contributed by atoms with Gasteiger partial charge in [0.1, 0.15) is 5.82 Å². The van der Waals surface area contributed by atoms with Gasteiger partial charge in [0.25, 0.3) is 0 Å². The van der Waals surface area contributed by atoms with Crippen molar-refractivity contribution < 1.29 is 0 Å². The molecule has 0 unspecified atom stereocenters. The first-order valence-electron chi connectivity index (χ1n) is 4.94. The highest BCUT2D eigenvalue weighted by atomic mass is 32.1. The Morgan fingerprint density at radius 2 is 2.33 bits per heavy atom. The topological polar surface area (TPSA) is 29.9 Å². The van der Waals surface area contributed by atoms with Gasteiger partial charge in [-0.15, -0.1) is 11.3 Å². The van der Waals surface area contributed by atoms with E-state index < -0.39 is 0 Å². The lowest BCUT2D eigenvalue weighted by Gasteiger charge is -2.03. The van der Waals surface area contributed by atoms with Crippen LogP contribution in [-0.2, 0) is 13.6 Å². The first-order valence-corrected chi connectivity index (χ1v) is 5.82. The van der Waals surface area contributed by atoms with Crippen LogP contribution in [0.1, 0.15) is 11.5 Å². The summed E-state index contributed by atoms with van der Waals surface area (Å²) < 4.78 is 2.16. The maximum atomic E-state index is 4.56. The molecule has 2 aromatic heterocycles. The highest BCUT2D eigenvalue weighted by Crippen LogP contribution is 2.27. The number of thiophene rings is 1. The van der Waals surface area contributed by atoms with Crippen molar-refractivity contribution >= 4 is 11.3 Å². The van der Waals surface area contributed by atoms with E-state index in [0.29, 0.717) is 0 Å². The minimum atomic E-state index is 0.808. The average molecular weight is 221 g/mol. The summed E-state index contributed by atoms with van der Waals surface area (Å²) >= 11 is 1.75. The van der Waals surface area contributed by atoms with Crippen LogP contribution in [0.15, 0.2) is 17.5 Å². The summed E-state index contributed by atoms with van der Waals surface area (Å²) in [6, 6.07) is 4.21. The fourth-order valence-corrected chi connectivity index (χ4v) is 2.62. The lowest BCUT2D eigenvalue weighted by molar-refractivity contribution is 0.712. The lowest BCUT2D eigenvalue weighted by atomic mass is 10.3. The van der Waals surface area contributed by atoms with Gasteiger partial charge >= 0.3 is 0 Å². The van der Waals surface area contributed by atoms with Crippen LogP contribution in [-0.4, -0.2) is 16.6 Å². The first-order chi connectivity index (χ1) is 7.24. The smallest absolute Gasteiger partial charge is 0.123 e. The van der Waals surface area contributed by atoms with E-state index in [1.165, 1.54) is 10.6 Å². The Morgan fingerprint density at radius 3 is 2.93 bits per heavy atom. The minimum Gasteiger partial charge on any atom is -0.329 e. The van der Waals surface area contributed by atoms with E-state index in [-0.39, 0.29) is 0 Å². The third kappa shape index (κ3) is 1.82. The molecule has 0 aliphatic carbocycles. The summed E-state index contributed by atoms with van der Waals surface area (Å²) in [4.78, 5) is 5.85. The van der Waals surface area contributed by atoms with Crippen LogP contribution in [0, 0.1) is 6.92 Å².